The Morgan fingerprint density at radius 3 is 2.54 bits per heavy atom. The third-order valence-electron chi connectivity index (χ3n) is 4.28. The molecule has 1 N–H and O–H groups in total. The number of rotatable bonds is 4. The minimum absolute atomic E-state index is 0.271. The van der Waals surface area contributed by atoms with Gasteiger partial charge >= 0.3 is 0 Å². The van der Waals surface area contributed by atoms with Crippen molar-refractivity contribution in [1.29, 1.82) is 0 Å². The second-order valence-corrected chi connectivity index (χ2v) is 5.93. The van der Waals surface area contributed by atoms with Crippen molar-refractivity contribution < 1.29 is 4.79 Å². The number of hydrogen-bond donors (Lipinski definition) is 1. The van der Waals surface area contributed by atoms with Gasteiger partial charge in [-0.05, 0) is 17.7 Å². The Kier molecular flexibility index (Phi) is 4.15. The Labute approximate surface area is 150 Å². The van der Waals surface area contributed by atoms with E-state index < -0.39 is 6.04 Å². The minimum atomic E-state index is -0.400. The summed E-state index contributed by atoms with van der Waals surface area (Å²) in [7, 11) is 1.95. The summed E-state index contributed by atoms with van der Waals surface area (Å²) < 4.78 is 2.00. The molecular formula is C20H17N5O. The van der Waals surface area contributed by atoms with Gasteiger partial charge in [-0.1, -0.05) is 42.5 Å². The highest BCUT2D eigenvalue weighted by atomic mass is 16.2. The smallest absolute Gasteiger partial charge is 0.272 e. The highest BCUT2D eigenvalue weighted by molar-refractivity contribution is 5.92. The molecule has 0 saturated carbocycles. The highest BCUT2D eigenvalue weighted by Crippen LogP contribution is 2.25. The normalized spacial score (nSPS) is 12.0. The quantitative estimate of drug-likeness (QED) is 0.618. The number of fused-ring (bicyclic) bond motifs is 1. The maximum Gasteiger partial charge on any atom is 0.272 e. The first kappa shape index (κ1) is 16.0. The van der Waals surface area contributed by atoms with Crippen LogP contribution in [0.1, 0.15) is 27.9 Å². The first-order valence-corrected chi connectivity index (χ1v) is 8.27. The number of carbonyl (C=O) groups excluding carboxylic acids is 1. The van der Waals surface area contributed by atoms with E-state index in [-0.39, 0.29) is 11.6 Å². The molecule has 0 aliphatic heterocycles. The van der Waals surface area contributed by atoms with E-state index in [4.69, 9.17) is 4.98 Å². The molecule has 0 fully saturated rings. The number of amides is 1. The number of benzene rings is 2. The third kappa shape index (κ3) is 2.93. The van der Waals surface area contributed by atoms with E-state index in [9.17, 15) is 4.79 Å². The average Bonchev–Trinajstić information content (AvgIpc) is 3.04. The molecule has 0 aliphatic rings. The Hall–Kier alpha value is -3.54. The fraction of sp³-hybridized carbons (Fsp3) is 0.100. The van der Waals surface area contributed by atoms with Crippen molar-refractivity contribution >= 4 is 16.9 Å². The summed E-state index contributed by atoms with van der Waals surface area (Å²) in [5.41, 5.74) is 3.12. The van der Waals surface area contributed by atoms with E-state index in [1.807, 2.05) is 66.2 Å². The second-order valence-electron chi connectivity index (χ2n) is 5.93. The topological polar surface area (TPSA) is 72.7 Å². The van der Waals surface area contributed by atoms with Gasteiger partial charge in [-0.3, -0.25) is 9.78 Å². The van der Waals surface area contributed by atoms with E-state index in [1.165, 1.54) is 18.6 Å². The SMILES string of the molecule is Cn1c(C(NC(=O)c2cnccn2)c2ccccc2)nc2ccccc21. The predicted octanol–water partition coefficient (Wildman–Crippen LogP) is 2.88. The Morgan fingerprint density at radius 2 is 1.81 bits per heavy atom. The average molecular weight is 343 g/mol. The molecule has 6 nitrogen and oxygen atoms in total. The maximum atomic E-state index is 12.7. The van der Waals surface area contributed by atoms with Crippen molar-refractivity contribution in [2.75, 3.05) is 0 Å². The Balaban J connectivity index is 1.78. The molecule has 2 heterocycles. The van der Waals surface area contributed by atoms with Gasteiger partial charge in [0.15, 0.2) is 0 Å². The van der Waals surface area contributed by atoms with Gasteiger partial charge in [0.2, 0.25) is 0 Å². The number of nitrogens with zero attached hydrogens (tertiary/aromatic N) is 4. The number of aryl methyl sites for hydroxylation is 1. The molecule has 2 aromatic heterocycles. The number of aromatic nitrogens is 4. The van der Waals surface area contributed by atoms with Crippen LogP contribution in [0.5, 0.6) is 0 Å². The molecule has 26 heavy (non-hydrogen) atoms. The van der Waals surface area contributed by atoms with Crippen molar-refractivity contribution in [3.8, 4) is 0 Å². The van der Waals surface area contributed by atoms with Crippen LogP contribution in [-0.4, -0.2) is 25.4 Å². The molecule has 0 spiro atoms. The number of imidazole rings is 1. The summed E-state index contributed by atoms with van der Waals surface area (Å²) in [5.74, 6) is 0.466. The van der Waals surface area contributed by atoms with Gasteiger partial charge in [0, 0.05) is 19.4 Å². The number of nitrogens with one attached hydrogen (secondary N) is 1. The fourth-order valence-corrected chi connectivity index (χ4v) is 2.99. The molecule has 128 valence electrons. The highest BCUT2D eigenvalue weighted by Gasteiger charge is 2.23. The monoisotopic (exact) mass is 343 g/mol. The summed E-state index contributed by atoms with van der Waals surface area (Å²) in [6, 6.07) is 17.3. The molecule has 4 rings (SSSR count). The molecule has 0 saturated heterocycles. The molecule has 1 amide bonds. The second kappa shape index (κ2) is 6.76. The first-order chi connectivity index (χ1) is 12.7. The van der Waals surface area contributed by atoms with Gasteiger partial charge in [0.1, 0.15) is 17.6 Å². The van der Waals surface area contributed by atoms with Crippen LogP contribution in [0.4, 0.5) is 0 Å². The molecule has 6 heteroatoms. The lowest BCUT2D eigenvalue weighted by molar-refractivity contribution is 0.0935. The molecular weight excluding hydrogens is 326 g/mol. The standard InChI is InChI=1S/C20H17N5O/c1-25-17-10-6-5-9-15(17)23-19(25)18(14-7-3-2-4-8-14)24-20(26)16-13-21-11-12-22-16/h2-13,18H,1H3,(H,24,26). The van der Waals surface area contributed by atoms with E-state index in [2.05, 4.69) is 15.3 Å². The lowest BCUT2D eigenvalue weighted by atomic mass is 10.1. The zero-order valence-corrected chi connectivity index (χ0v) is 14.2. The zero-order valence-electron chi connectivity index (χ0n) is 14.2. The third-order valence-corrected chi connectivity index (χ3v) is 4.28. The van der Waals surface area contributed by atoms with Gasteiger partial charge in [0.25, 0.3) is 5.91 Å². The van der Waals surface area contributed by atoms with E-state index in [0.29, 0.717) is 0 Å². The van der Waals surface area contributed by atoms with Crippen LogP contribution in [0.25, 0.3) is 11.0 Å². The maximum absolute atomic E-state index is 12.7. The van der Waals surface area contributed by atoms with Crippen molar-refractivity contribution in [2.24, 2.45) is 7.05 Å². The number of carbonyl (C=O) groups is 1. The van der Waals surface area contributed by atoms with Gasteiger partial charge < -0.3 is 9.88 Å². The number of para-hydroxylation sites is 2. The van der Waals surface area contributed by atoms with Crippen LogP contribution >= 0.6 is 0 Å². The molecule has 1 atom stereocenters. The van der Waals surface area contributed by atoms with Gasteiger partial charge in [-0.15, -0.1) is 0 Å². The van der Waals surface area contributed by atoms with Crippen LogP contribution in [0.3, 0.4) is 0 Å². The van der Waals surface area contributed by atoms with Crippen molar-refractivity contribution in [3.05, 3.63) is 90.3 Å². The van der Waals surface area contributed by atoms with Crippen molar-refractivity contribution in [2.45, 2.75) is 6.04 Å². The lowest BCUT2D eigenvalue weighted by Crippen LogP contribution is -2.31. The molecule has 0 aliphatic carbocycles. The Bertz CT molecular complexity index is 1040. The minimum Gasteiger partial charge on any atom is -0.337 e. The van der Waals surface area contributed by atoms with Crippen LogP contribution in [-0.2, 0) is 7.05 Å². The van der Waals surface area contributed by atoms with E-state index in [1.54, 1.807) is 0 Å². The first-order valence-electron chi connectivity index (χ1n) is 8.27. The molecule has 4 aromatic rings. The molecule has 0 radical (unpaired) electrons. The largest absolute Gasteiger partial charge is 0.337 e. The zero-order chi connectivity index (χ0) is 17.9. The summed E-state index contributed by atoms with van der Waals surface area (Å²) in [6.07, 6.45) is 4.49. The summed E-state index contributed by atoms with van der Waals surface area (Å²) in [5, 5.41) is 3.04. The van der Waals surface area contributed by atoms with Gasteiger partial charge in [-0.2, -0.15) is 0 Å². The van der Waals surface area contributed by atoms with Crippen LogP contribution in [0, 0.1) is 0 Å². The van der Waals surface area contributed by atoms with Crippen molar-refractivity contribution in [3.63, 3.8) is 0 Å². The van der Waals surface area contributed by atoms with E-state index >= 15 is 0 Å². The van der Waals surface area contributed by atoms with Gasteiger partial charge in [-0.25, -0.2) is 9.97 Å². The molecule has 2 aromatic carbocycles. The fourth-order valence-electron chi connectivity index (χ4n) is 2.99. The number of hydrogen-bond acceptors (Lipinski definition) is 4. The lowest BCUT2D eigenvalue weighted by Gasteiger charge is -2.19. The van der Waals surface area contributed by atoms with Crippen molar-refractivity contribution in [1.82, 2.24) is 24.8 Å². The van der Waals surface area contributed by atoms with Crippen LogP contribution < -0.4 is 5.32 Å². The molecule has 1 unspecified atom stereocenters. The summed E-state index contributed by atoms with van der Waals surface area (Å²) in [6.45, 7) is 0. The van der Waals surface area contributed by atoms with E-state index in [0.717, 1.165) is 22.4 Å². The summed E-state index contributed by atoms with van der Waals surface area (Å²) >= 11 is 0. The predicted molar refractivity (Wildman–Crippen MR) is 98.5 cm³/mol. The summed E-state index contributed by atoms with van der Waals surface area (Å²) in [4.78, 5) is 25.5. The van der Waals surface area contributed by atoms with Crippen LogP contribution in [0.2, 0.25) is 0 Å². The van der Waals surface area contributed by atoms with Gasteiger partial charge in [0.05, 0.1) is 17.2 Å². The Morgan fingerprint density at radius 1 is 1.04 bits per heavy atom. The molecule has 0 bridgehead atoms. The van der Waals surface area contributed by atoms with Crippen LogP contribution in [0.15, 0.2) is 73.2 Å².